The Morgan fingerprint density at radius 3 is 2.81 bits per heavy atom. The second-order valence-corrected chi connectivity index (χ2v) is 6.56. The minimum atomic E-state index is -0.125. The highest BCUT2D eigenvalue weighted by Crippen LogP contribution is 2.34. The first kappa shape index (κ1) is 16.2. The molecule has 1 atom stereocenters. The fourth-order valence-electron chi connectivity index (χ4n) is 3.15. The van der Waals surface area contributed by atoms with Crippen LogP contribution in [0.1, 0.15) is 17.4 Å². The lowest BCUT2D eigenvalue weighted by atomic mass is 10.1. The third-order valence-corrected chi connectivity index (χ3v) is 4.85. The average molecular weight is 380 g/mol. The zero-order chi connectivity index (χ0) is 18.2. The first-order chi connectivity index (χ1) is 13.3. The van der Waals surface area contributed by atoms with Crippen molar-refractivity contribution in [3.8, 4) is 23.1 Å². The van der Waals surface area contributed by atoms with Gasteiger partial charge in [0.15, 0.2) is 5.69 Å². The van der Waals surface area contributed by atoms with Gasteiger partial charge >= 0.3 is 0 Å². The Morgan fingerprint density at radius 1 is 1.07 bits per heavy atom. The third kappa shape index (κ3) is 2.90. The van der Waals surface area contributed by atoms with Crippen molar-refractivity contribution < 1.29 is 9.26 Å². The van der Waals surface area contributed by atoms with Gasteiger partial charge in [0.2, 0.25) is 5.82 Å². The summed E-state index contributed by atoms with van der Waals surface area (Å²) in [5.41, 5.74) is 3.14. The smallest absolute Gasteiger partial charge is 0.278 e. The molecule has 0 radical (unpaired) electrons. The van der Waals surface area contributed by atoms with Crippen LogP contribution >= 0.6 is 11.6 Å². The van der Waals surface area contributed by atoms with Crippen molar-refractivity contribution in [3.63, 3.8) is 0 Å². The average Bonchev–Trinajstić information content (AvgIpc) is 3.35. The van der Waals surface area contributed by atoms with Crippen LogP contribution in [-0.4, -0.2) is 24.7 Å². The molecule has 134 valence electrons. The van der Waals surface area contributed by atoms with Crippen molar-refractivity contribution in [2.24, 2.45) is 0 Å². The standard InChI is InChI=1S/C19H14ClN5O2/c20-13-6-2-1-5-12(13)16-9-25-11-22-17(15(25)10-26-16)19-23-18(24-27-19)14-7-3-4-8-21-14/h1-8,11,16H,9-10H2/t16-/m0/s1. The van der Waals surface area contributed by atoms with Crippen LogP contribution in [0.2, 0.25) is 5.02 Å². The zero-order valence-electron chi connectivity index (χ0n) is 14.1. The fourth-order valence-corrected chi connectivity index (χ4v) is 3.41. The van der Waals surface area contributed by atoms with Gasteiger partial charge in [-0.1, -0.05) is 41.0 Å². The Kier molecular flexibility index (Phi) is 3.95. The zero-order valence-corrected chi connectivity index (χ0v) is 14.9. The van der Waals surface area contributed by atoms with Gasteiger partial charge in [-0.2, -0.15) is 4.98 Å². The van der Waals surface area contributed by atoms with Crippen LogP contribution in [0.3, 0.4) is 0 Å². The van der Waals surface area contributed by atoms with Gasteiger partial charge in [-0.25, -0.2) is 4.98 Å². The number of hydrogen-bond acceptors (Lipinski definition) is 6. The molecule has 1 aliphatic rings. The van der Waals surface area contributed by atoms with Gasteiger partial charge in [0.1, 0.15) is 11.8 Å². The van der Waals surface area contributed by atoms with E-state index in [0.29, 0.717) is 41.3 Å². The number of hydrogen-bond donors (Lipinski definition) is 0. The van der Waals surface area contributed by atoms with E-state index in [4.69, 9.17) is 20.9 Å². The van der Waals surface area contributed by atoms with E-state index in [0.717, 1.165) is 11.3 Å². The van der Waals surface area contributed by atoms with Gasteiger partial charge in [0, 0.05) is 16.8 Å². The highest BCUT2D eigenvalue weighted by molar-refractivity contribution is 6.31. The van der Waals surface area contributed by atoms with E-state index in [9.17, 15) is 0 Å². The number of rotatable bonds is 3. The van der Waals surface area contributed by atoms with Crippen LogP contribution in [0.5, 0.6) is 0 Å². The summed E-state index contributed by atoms with van der Waals surface area (Å²) in [6, 6.07) is 13.2. The Balaban J connectivity index is 1.44. The summed E-state index contributed by atoms with van der Waals surface area (Å²) in [4.78, 5) is 13.1. The van der Waals surface area contributed by atoms with E-state index in [2.05, 4.69) is 20.1 Å². The van der Waals surface area contributed by atoms with Crippen molar-refractivity contribution in [1.82, 2.24) is 24.7 Å². The number of ether oxygens (including phenoxy) is 1. The van der Waals surface area contributed by atoms with E-state index in [-0.39, 0.29) is 6.10 Å². The van der Waals surface area contributed by atoms with E-state index < -0.39 is 0 Å². The summed E-state index contributed by atoms with van der Waals surface area (Å²) in [5.74, 6) is 0.780. The molecular formula is C19H14ClN5O2. The molecule has 0 N–H and O–H groups in total. The predicted molar refractivity (Wildman–Crippen MR) is 97.7 cm³/mol. The Hall–Kier alpha value is -3.03. The van der Waals surface area contributed by atoms with Crippen LogP contribution in [0.15, 0.2) is 59.5 Å². The van der Waals surface area contributed by atoms with Crippen molar-refractivity contribution in [3.05, 3.63) is 71.3 Å². The van der Waals surface area contributed by atoms with Gasteiger partial charge in [-0.15, -0.1) is 0 Å². The van der Waals surface area contributed by atoms with Crippen molar-refractivity contribution in [1.29, 1.82) is 0 Å². The molecule has 7 nitrogen and oxygen atoms in total. The van der Waals surface area contributed by atoms with Crippen LogP contribution in [0.25, 0.3) is 23.1 Å². The summed E-state index contributed by atoms with van der Waals surface area (Å²) >= 11 is 6.30. The molecule has 5 rings (SSSR count). The number of aromatic nitrogens is 5. The highest BCUT2D eigenvalue weighted by atomic mass is 35.5. The van der Waals surface area contributed by atoms with Gasteiger partial charge in [-0.3, -0.25) is 4.98 Å². The molecule has 0 fully saturated rings. The molecule has 0 amide bonds. The molecule has 0 unspecified atom stereocenters. The lowest BCUT2D eigenvalue weighted by Gasteiger charge is -2.26. The van der Waals surface area contributed by atoms with Crippen LogP contribution in [0, 0.1) is 0 Å². The molecule has 0 saturated carbocycles. The molecule has 1 aromatic carbocycles. The number of pyridine rings is 1. The molecule has 27 heavy (non-hydrogen) atoms. The van der Waals surface area contributed by atoms with Gasteiger partial charge in [0.25, 0.3) is 5.89 Å². The molecule has 0 aliphatic carbocycles. The summed E-state index contributed by atoms with van der Waals surface area (Å²) < 4.78 is 13.5. The molecule has 0 bridgehead atoms. The minimum absolute atomic E-state index is 0.125. The van der Waals surface area contributed by atoms with E-state index in [1.807, 2.05) is 47.0 Å². The number of fused-ring (bicyclic) bond motifs is 1. The molecule has 3 aromatic heterocycles. The van der Waals surface area contributed by atoms with E-state index >= 15 is 0 Å². The fraction of sp³-hybridized carbons (Fsp3) is 0.158. The molecule has 4 heterocycles. The lowest BCUT2D eigenvalue weighted by Crippen LogP contribution is -2.20. The summed E-state index contributed by atoms with van der Waals surface area (Å²) in [7, 11) is 0. The Labute approximate surface area is 159 Å². The first-order valence-electron chi connectivity index (χ1n) is 8.45. The summed E-state index contributed by atoms with van der Waals surface area (Å²) in [6.07, 6.45) is 3.33. The Bertz CT molecular complexity index is 1090. The lowest BCUT2D eigenvalue weighted by molar-refractivity contribution is 0.00336. The monoisotopic (exact) mass is 379 g/mol. The Morgan fingerprint density at radius 2 is 1.96 bits per heavy atom. The topological polar surface area (TPSA) is 78.9 Å². The van der Waals surface area contributed by atoms with E-state index in [1.165, 1.54) is 0 Å². The SMILES string of the molecule is Clc1ccccc1[C@@H]1Cn2cnc(-c3nc(-c4ccccn4)no3)c2CO1. The third-order valence-electron chi connectivity index (χ3n) is 4.50. The quantitative estimate of drug-likeness (QED) is 0.536. The minimum Gasteiger partial charge on any atom is -0.365 e. The molecule has 1 aliphatic heterocycles. The summed E-state index contributed by atoms with van der Waals surface area (Å²) in [6.45, 7) is 1.000. The second-order valence-electron chi connectivity index (χ2n) is 6.15. The van der Waals surface area contributed by atoms with Crippen LogP contribution in [-0.2, 0) is 17.9 Å². The number of imidazole rings is 1. The normalized spacial score (nSPS) is 16.3. The molecule has 8 heteroatoms. The highest BCUT2D eigenvalue weighted by Gasteiger charge is 2.27. The molecular weight excluding hydrogens is 366 g/mol. The number of halogens is 1. The van der Waals surface area contributed by atoms with Gasteiger partial charge in [0.05, 0.1) is 25.2 Å². The van der Waals surface area contributed by atoms with Crippen LogP contribution < -0.4 is 0 Å². The van der Waals surface area contributed by atoms with E-state index in [1.54, 1.807) is 12.5 Å². The number of nitrogens with zero attached hydrogens (tertiary/aromatic N) is 5. The van der Waals surface area contributed by atoms with Crippen molar-refractivity contribution >= 4 is 11.6 Å². The predicted octanol–water partition coefficient (Wildman–Crippen LogP) is 3.92. The second kappa shape index (κ2) is 6.61. The maximum atomic E-state index is 6.30. The number of benzene rings is 1. The largest absolute Gasteiger partial charge is 0.365 e. The van der Waals surface area contributed by atoms with Crippen molar-refractivity contribution in [2.45, 2.75) is 19.3 Å². The first-order valence-corrected chi connectivity index (χ1v) is 8.83. The molecule has 0 saturated heterocycles. The molecule has 0 spiro atoms. The summed E-state index contributed by atoms with van der Waals surface area (Å²) in [5, 5.41) is 4.71. The molecule has 4 aromatic rings. The van der Waals surface area contributed by atoms with Crippen molar-refractivity contribution in [2.75, 3.05) is 0 Å². The maximum Gasteiger partial charge on any atom is 0.278 e. The van der Waals surface area contributed by atoms with Crippen LogP contribution in [0.4, 0.5) is 0 Å². The van der Waals surface area contributed by atoms with Gasteiger partial charge < -0.3 is 13.8 Å². The maximum absolute atomic E-state index is 6.30. The van der Waals surface area contributed by atoms with Gasteiger partial charge in [-0.05, 0) is 18.2 Å².